The van der Waals surface area contributed by atoms with Crippen molar-refractivity contribution >= 4 is 11.7 Å². The Morgan fingerprint density at radius 3 is 2.89 bits per heavy atom. The molecule has 1 saturated heterocycles. The Balaban J connectivity index is 1.50. The number of anilines is 1. The Morgan fingerprint density at radius 1 is 1.37 bits per heavy atom. The number of hydrogen-bond acceptors (Lipinski definition) is 6. The molecule has 2 aromatic heterocycles. The normalized spacial score (nSPS) is 17.1. The van der Waals surface area contributed by atoms with E-state index in [1.54, 1.807) is 12.3 Å². The lowest BCUT2D eigenvalue weighted by atomic mass is 10.0. The smallest absolute Gasteiger partial charge is 0.252 e. The number of carbonyl (C=O) groups excluding carboxylic acids is 1. The van der Waals surface area contributed by atoms with E-state index in [9.17, 15) is 9.90 Å². The van der Waals surface area contributed by atoms with E-state index in [0.717, 1.165) is 61.5 Å². The monoisotopic (exact) mass is 372 g/mol. The molecular weight excluding hydrogens is 344 g/mol. The van der Waals surface area contributed by atoms with Gasteiger partial charge in [-0.3, -0.25) is 4.79 Å². The van der Waals surface area contributed by atoms with Crippen molar-refractivity contribution in [2.75, 3.05) is 24.6 Å². The molecule has 2 aromatic rings. The molecular formula is C20H28N4O3. The average molecular weight is 372 g/mol. The van der Waals surface area contributed by atoms with E-state index >= 15 is 0 Å². The molecule has 27 heavy (non-hydrogen) atoms. The molecule has 1 fully saturated rings. The van der Waals surface area contributed by atoms with Gasteiger partial charge < -0.3 is 19.8 Å². The van der Waals surface area contributed by atoms with Crippen molar-refractivity contribution in [3.63, 3.8) is 0 Å². The second kappa shape index (κ2) is 8.99. The highest BCUT2D eigenvalue weighted by Gasteiger charge is 2.22. The summed E-state index contributed by atoms with van der Waals surface area (Å²) < 4.78 is 5.15. The van der Waals surface area contributed by atoms with E-state index in [1.807, 2.05) is 19.9 Å². The highest BCUT2D eigenvalue weighted by Crippen LogP contribution is 2.23. The number of piperidine rings is 1. The number of aromatic nitrogens is 2. The number of aryl methyl sites for hydroxylation is 2. The van der Waals surface area contributed by atoms with E-state index in [0.29, 0.717) is 12.1 Å². The SMILES string of the molecule is Cc1noc(C)c1CCCNC(=O)c1ccc(N2CCCCC2CO)nc1. The molecule has 1 amide bonds. The number of aliphatic hydroxyl groups is 1. The largest absolute Gasteiger partial charge is 0.394 e. The van der Waals surface area contributed by atoms with Gasteiger partial charge in [0.15, 0.2) is 0 Å². The minimum Gasteiger partial charge on any atom is -0.394 e. The second-order valence-electron chi connectivity index (χ2n) is 7.09. The Hall–Kier alpha value is -2.41. The Labute approximate surface area is 159 Å². The highest BCUT2D eigenvalue weighted by atomic mass is 16.5. The Morgan fingerprint density at radius 2 is 2.22 bits per heavy atom. The summed E-state index contributed by atoms with van der Waals surface area (Å²) in [6.45, 7) is 5.45. The van der Waals surface area contributed by atoms with Gasteiger partial charge in [-0.1, -0.05) is 5.16 Å². The zero-order valence-electron chi connectivity index (χ0n) is 16.1. The molecule has 3 heterocycles. The maximum Gasteiger partial charge on any atom is 0.252 e. The topological polar surface area (TPSA) is 91.5 Å². The summed E-state index contributed by atoms with van der Waals surface area (Å²) in [4.78, 5) is 18.9. The van der Waals surface area contributed by atoms with Crippen molar-refractivity contribution in [1.82, 2.24) is 15.5 Å². The third kappa shape index (κ3) is 4.66. The van der Waals surface area contributed by atoms with Gasteiger partial charge in [0, 0.05) is 24.8 Å². The van der Waals surface area contributed by atoms with Gasteiger partial charge in [-0.15, -0.1) is 0 Å². The van der Waals surface area contributed by atoms with E-state index in [-0.39, 0.29) is 18.6 Å². The van der Waals surface area contributed by atoms with Crippen molar-refractivity contribution in [2.45, 2.75) is 52.0 Å². The molecule has 7 nitrogen and oxygen atoms in total. The summed E-state index contributed by atoms with van der Waals surface area (Å²) in [5, 5.41) is 16.4. The first-order chi connectivity index (χ1) is 13.1. The van der Waals surface area contributed by atoms with Gasteiger partial charge in [0.25, 0.3) is 5.91 Å². The highest BCUT2D eigenvalue weighted by molar-refractivity contribution is 5.94. The van der Waals surface area contributed by atoms with Crippen LogP contribution in [0, 0.1) is 13.8 Å². The summed E-state index contributed by atoms with van der Waals surface area (Å²) in [7, 11) is 0. The molecule has 146 valence electrons. The second-order valence-corrected chi connectivity index (χ2v) is 7.09. The van der Waals surface area contributed by atoms with Crippen LogP contribution in [0.25, 0.3) is 0 Å². The predicted molar refractivity (Wildman–Crippen MR) is 103 cm³/mol. The van der Waals surface area contributed by atoms with Crippen molar-refractivity contribution in [2.24, 2.45) is 0 Å². The van der Waals surface area contributed by atoms with Crippen molar-refractivity contribution in [1.29, 1.82) is 0 Å². The molecule has 2 N–H and O–H groups in total. The molecule has 1 atom stereocenters. The number of carbonyl (C=O) groups is 1. The first kappa shape index (κ1) is 19.4. The van der Waals surface area contributed by atoms with E-state index < -0.39 is 0 Å². The summed E-state index contributed by atoms with van der Waals surface area (Å²) in [5.74, 6) is 1.55. The lowest BCUT2D eigenvalue weighted by Gasteiger charge is -2.35. The fourth-order valence-corrected chi connectivity index (χ4v) is 3.61. The first-order valence-corrected chi connectivity index (χ1v) is 9.63. The maximum atomic E-state index is 12.3. The van der Waals surface area contributed by atoms with Gasteiger partial charge in [0.2, 0.25) is 0 Å². The number of nitrogens with one attached hydrogen (secondary N) is 1. The number of rotatable bonds is 7. The molecule has 7 heteroatoms. The predicted octanol–water partition coefficient (Wildman–Crippen LogP) is 2.40. The minimum absolute atomic E-state index is 0.120. The van der Waals surface area contributed by atoms with Crippen LogP contribution in [0.15, 0.2) is 22.9 Å². The lowest BCUT2D eigenvalue weighted by molar-refractivity contribution is 0.0953. The molecule has 1 unspecified atom stereocenters. The van der Waals surface area contributed by atoms with Gasteiger partial charge >= 0.3 is 0 Å². The third-order valence-electron chi connectivity index (χ3n) is 5.21. The molecule has 0 bridgehead atoms. The standard InChI is InChI=1S/C20H28N4O3/c1-14-18(15(2)27-23-14)7-5-10-21-20(26)16-8-9-19(22-12-16)24-11-4-3-6-17(24)13-25/h8-9,12,17,25H,3-7,10-11,13H2,1-2H3,(H,21,26). The van der Waals surface area contributed by atoms with Crippen LogP contribution in [0.4, 0.5) is 5.82 Å². The lowest BCUT2D eigenvalue weighted by Crippen LogP contribution is -2.42. The van der Waals surface area contributed by atoms with Crippen LogP contribution in [-0.4, -0.2) is 46.9 Å². The fourth-order valence-electron chi connectivity index (χ4n) is 3.61. The number of nitrogens with zero attached hydrogens (tertiary/aromatic N) is 3. The molecule has 1 aliphatic heterocycles. The number of amides is 1. The van der Waals surface area contributed by atoms with Gasteiger partial charge in [0.05, 0.1) is 23.9 Å². The van der Waals surface area contributed by atoms with Crippen LogP contribution in [0.3, 0.4) is 0 Å². The quantitative estimate of drug-likeness (QED) is 0.725. The molecule has 0 aromatic carbocycles. The summed E-state index contributed by atoms with van der Waals surface area (Å²) in [6, 6.07) is 3.79. The molecule has 0 spiro atoms. The summed E-state index contributed by atoms with van der Waals surface area (Å²) >= 11 is 0. The van der Waals surface area contributed by atoms with Crippen molar-refractivity contribution in [3.05, 3.63) is 40.9 Å². The van der Waals surface area contributed by atoms with E-state index in [4.69, 9.17) is 4.52 Å². The van der Waals surface area contributed by atoms with Crippen LogP contribution in [0.1, 0.15) is 53.1 Å². The molecule has 1 aliphatic rings. The fraction of sp³-hybridized carbons (Fsp3) is 0.550. The van der Waals surface area contributed by atoms with Crippen LogP contribution >= 0.6 is 0 Å². The van der Waals surface area contributed by atoms with E-state index in [1.165, 1.54) is 0 Å². The Bertz CT molecular complexity index is 738. The zero-order chi connectivity index (χ0) is 19.2. The average Bonchev–Trinajstić information content (AvgIpc) is 3.03. The number of hydrogen-bond donors (Lipinski definition) is 2. The molecule has 3 rings (SSSR count). The summed E-state index contributed by atoms with van der Waals surface area (Å²) in [5.41, 5.74) is 2.58. The number of pyridine rings is 1. The Kier molecular flexibility index (Phi) is 6.45. The summed E-state index contributed by atoms with van der Waals surface area (Å²) in [6.07, 6.45) is 6.48. The minimum atomic E-state index is -0.120. The zero-order valence-corrected chi connectivity index (χ0v) is 16.1. The first-order valence-electron chi connectivity index (χ1n) is 9.63. The van der Waals surface area contributed by atoms with E-state index in [2.05, 4.69) is 20.4 Å². The van der Waals surface area contributed by atoms with Crippen LogP contribution in [0.5, 0.6) is 0 Å². The van der Waals surface area contributed by atoms with Crippen LogP contribution < -0.4 is 10.2 Å². The van der Waals surface area contributed by atoms with Gasteiger partial charge in [-0.25, -0.2) is 4.98 Å². The van der Waals surface area contributed by atoms with Gasteiger partial charge in [0.1, 0.15) is 11.6 Å². The molecule has 0 aliphatic carbocycles. The third-order valence-corrected chi connectivity index (χ3v) is 5.21. The van der Waals surface area contributed by atoms with Crippen molar-refractivity contribution < 1.29 is 14.4 Å². The van der Waals surface area contributed by atoms with Gasteiger partial charge in [-0.2, -0.15) is 0 Å². The maximum absolute atomic E-state index is 12.3. The van der Waals surface area contributed by atoms with Crippen LogP contribution in [0.2, 0.25) is 0 Å². The molecule has 0 radical (unpaired) electrons. The van der Waals surface area contributed by atoms with Crippen molar-refractivity contribution in [3.8, 4) is 0 Å². The van der Waals surface area contributed by atoms with Crippen LogP contribution in [-0.2, 0) is 6.42 Å². The van der Waals surface area contributed by atoms with Gasteiger partial charge in [-0.05, 0) is 58.1 Å². The molecule has 0 saturated carbocycles. The number of aliphatic hydroxyl groups excluding tert-OH is 1.